The molecule has 1 atom stereocenters. The second-order valence-corrected chi connectivity index (χ2v) is 8.37. The minimum atomic E-state index is -0.591. The van der Waals surface area contributed by atoms with Gasteiger partial charge in [-0.15, -0.1) is 0 Å². The monoisotopic (exact) mass is 446 g/mol. The Morgan fingerprint density at radius 1 is 1.09 bits per heavy atom. The van der Waals surface area contributed by atoms with E-state index in [9.17, 15) is 9.59 Å². The molecule has 0 saturated carbocycles. The van der Waals surface area contributed by atoms with Gasteiger partial charge in [0.15, 0.2) is 5.69 Å². The van der Waals surface area contributed by atoms with Crippen LogP contribution in [0.15, 0.2) is 59.4 Å². The Kier molecular flexibility index (Phi) is 7.17. The van der Waals surface area contributed by atoms with E-state index in [2.05, 4.69) is 17.1 Å². The standard InChI is InChI=1S/C26H30N4O3/c1-3-7-21-18-23(28-33-21)25(31)30-16-15-29(14-4-2)26(32)24(30)17-20-8-5-6-9-22(20)19-10-12-27-13-11-19/h5-6,8-13,18,24H,3-4,7,14-17H2,1-2H3. The van der Waals surface area contributed by atoms with Crippen molar-refractivity contribution in [1.29, 1.82) is 0 Å². The van der Waals surface area contributed by atoms with Gasteiger partial charge in [-0.3, -0.25) is 14.6 Å². The van der Waals surface area contributed by atoms with Crippen LogP contribution in [0.2, 0.25) is 0 Å². The molecule has 0 aliphatic carbocycles. The maximum Gasteiger partial charge on any atom is 0.276 e. The molecular weight excluding hydrogens is 416 g/mol. The third kappa shape index (κ3) is 4.97. The van der Waals surface area contributed by atoms with E-state index in [1.165, 1.54) is 0 Å². The zero-order chi connectivity index (χ0) is 23.2. The molecule has 0 N–H and O–H groups in total. The van der Waals surface area contributed by atoms with Crippen molar-refractivity contribution in [2.45, 2.75) is 45.6 Å². The van der Waals surface area contributed by atoms with E-state index in [0.29, 0.717) is 31.8 Å². The van der Waals surface area contributed by atoms with E-state index in [0.717, 1.165) is 36.0 Å². The molecule has 3 heterocycles. The van der Waals surface area contributed by atoms with Crippen molar-refractivity contribution in [1.82, 2.24) is 19.9 Å². The highest BCUT2D eigenvalue weighted by atomic mass is 16.5. The van der Waals surface area contributed by atoms with Crippen LogP contribution in [0.5, 0.6) is 0 Å². The summed E-state index contributed by atoms with van der Waals surface area (Å²) in [5, 5.41) is 4.00. The molecule has 1 aromatic carbocycles. The number of hydrogen-bond donors (Lipinski definition) is 0. The van der Waals surface area contributed by atoms with Crippen LogP contribution in [0.25, 0.3) is 11.1 Å². The van der Waals surface area contributed by atoms with Crippen molar-refractivity contribution in [3.8, 4) is 11.1 Å². The van der Waals surface area contributed by atoms with Crippen LogP contribution in [0.3, 0.4) is 0 Å². The van der Waals surface area contributed by atoms with Gasteiger partial charge in [0.25, 0.3) is 5.91 Å². The van der Waals surface area contributed by atoms with Crippen molar-refractivity contribution in [3.63, 3.8) is 0 Å². The number of nitrogens with zero attached hydrogens (tertiary/aromatic N) is 4. The summed E-state index contributed by atoms with van der Waals surface area (Å²) in [7, 11) is 0. The Bertz CT molecular complexity index is 1100. The van der Waals surface area contributed by atoms with E-state index in [1.807, 2.05) is 48.2 Å². The highest BCUT2D eigenvalue weighted by Gasteiger charge is 2.38. The second kappa shape index (κ2) is 10.4. The number of rotatable bonds is 8. The quantitative estimate of drug-likeness (QED) is 0.523. The second-order valence-electron chi connectivity index (χ2n) is 8.37. The molecule has 33 heavy (non-hydrogen) atoms. The molecular formula is C26H30N4O3. The van der Waals surface area contributed by atoms with Crippen molar-refractivity contribution in [2.24, 2.45) is 0 Å². The summed E-state index contributed by atoms with van der Waals surface area (Å²) < 4.78 is 5.34. The van der Waals surface area contributed by atoms with Gasteiger partial charge in [0.1, 0.15) is 11.8 Å². The zero-order valence-corrected chi connectivity index (χ0v) is 19.2. The summed E-state index contributed by atoms with van der Waals surface area (Å²) in [6, 6.07) is 13.1. The fourth-order valence-corrected chi connectivity index (χ4v) is 4.42. The molecule has 1 aliphatic heterocycles. The van der Waals surface area contributed by atoms with Gasteiger partial charge < -0.3 is 14.3 Å². The van der Waals surface area contributed by atoms with Crippen LogP contribution in [-0.4, -0.2) is 57.4 Å². The number of amides is 2. The van der Waals surface area contributed by atoms with E-state index in [-0.39, 0.29) is 17.5 Å². The highest BCUT2D eigenvalue weighted by molar-refractivity contribution is 5.97. The number of aryl methyl sites for hydroxylation is 1. The van der Waals surface area contributed by atoms with Gasteiger partial charge in [0.05, 0.1) is 0 Å². The molecule has 4 rings (SSSR count). The SMILES string of the molecule is CCCc1cc(C(=O)N2CCN(CCC)C(=O)C2Cc2ccccc2-c2ccncc2)no1. The first-order valence-corrected chi connectivity index (χ1v) is 11.7. The Hall–Kier alpha value is -3.48. The molecule has 0 spiro atoms. The molecule has 0 radical (unpaired) electrons. The van der Waals surface area contributed by atoms with E-state index < -0.39 is 6.04 Å². The van der Waals surface area contributed by atoms with Crippen LogP contribution in [-0.2, 0) is 17.6 Å². The van der Waals surface area contributed by atoms with Crippen molar-refractivity contribution in [2.75, 3.05) is 19.6 Å². The molecule has 172 valence electrons. The third-order valence-electron chi connectivity index (χ3n) is 6.03. The fraction of sp³-hybridized carbons (Fsp3) is 0.385. The molecule has 7 nitrogen and oxygen atoms in total. The number of carbonyl (C=O) groups is 2. The third-order valence-corrected chi connectivity index (χ3v) is 6.03. The van der Waals surface area contributed by atoms with Gasteiger partial charge in [-0.25, -0.2) is 0 Å². The lowest BCUT2D eigenvalue weighted by molar-refractivity contribution is -0.140. The first-order chi connectivity index (χ1) is 16.1. The summed E-state index contributed by atoms with van der Waals surface area (Å²) in [5.41, 5.74) is 3.36. The van der Waals surface area contributed by atoms with Gasteiger partial charge in [-0.1, -0.05) is 43.3 Å². The van der Waals surface area contributed by atoms with Gasteiger partial charge in [-0.2, -0.15) is 0 Å². The van der Waals surface area contributed by atoms with E-state index in [1.54, 1.807) is 23.4 Å². The molecule has 3 aromatic rings. The van der Waals surface area contributed by atoms with Crippen LogP contribution < -0.4 is 0 Å². The molecule has 2 aromatic heterocycles. The molecule has 1 aliphatic rings. The summed E-state index contributed by atoms with van der Waals surface area (Å²) in [5.74, 6) is 0.423. The maximum absolute atomic E-state index is 13.5. The molecule has 2 amide bonds. The number of pyridine rings is 1. The number of piperazine rings is 1. The van der Waals surface area contributed by atoms with E-state index >= 15 is 0 Å². The molecule has 0 bridgehead atoms. The van der Waals surface area contributed by atoms with Crippen molar-refractivity contribution < 1.29 is 14.1 Å². The number of hydrogen-bond acceptors (Lipinski definition) is 5. The zero-order valence-electron chi connectivity index (χ0n) is 19.2. The summed E-state index contributed by atoms with van der Waals surface area (Å²) in [6.07, 6.45) is 6.47. The average Bonchev–Trinajstić information content (AvgIpc) is 3.31. The minimum absolute atomic E-state index is 0.0155. The van der Waals surface area contributed by atoms with Gasteiger partial charge >= 0.3 is 0 Å². The Morgan fingerprint density at radius 3 is 2.64 bits per heavy atom. The lowest BCUT2D eigenvalue weighted by Gasteiger charge is -2.40. The summed E-state index contributed by atoms with van der Waals surface area (Å²) in [4.78, 5) is 34.6. The molecule has 1 fully saturated rings. The van der Waals surface area contributed by atoms with Crippen LogP contribution in [0, 0.1) is 0 Å². The first-order valence-electron chi connectivity index (χ1n) is 11.7. The average molecular weight is 447 g/mol. The number of aromatic nitrogens is 2. The van der Waals surface area contributed by atoms with Crippen LogP contribution in [0.4, 0.5) is 0 Å². The number of benzene rings is 1. The largest absolute Gasteiger partial charge is 0.361 e. The Balaban J connectivity index is 1.66. The number of carbonyl (C=O) groups excluding carboxylic acids is 2. The molecule has 7 heteroatoms. The first kappa shape index (κ1) is 22.7. The minimum Gasteiger partial charge on any atom is -0.361 e. The maximum atomic E-state index is 13.5. The van der Waals surface area contributed by atoms with E-state index in [4.69, 9.17) is 4.52 Å². The lowest BCUT2D eigenvalue weighted by Crippen LogP contribution is -2.59. The van der Waals surface area contributed by atoms with Gasteiger partial charge in [-0.05, 0) is 41.7 Å². The van der Waals surface area contributed by atoms with Crippen LogP contribution in [0.1, 0.15) is 48.5 Å². The van der Waals surface area contributed by atoms with Crippen molar-refractivity contribution in [3.05, 3.63) is 71.9 Å². The highest BCUT2D eigenvalue weighted by Crippen LogP contribution is 2.27. The fourth-order valence-electron chi connectivity index (χ4n) is 4.42. The summed E-state index contributed by atoms with van der Waals surface area (Å²) in [6.45, 7) is 5.80. The Labute approximate surface area is 194 Å². The molecule has 1 unspecified atom stereocenters. The predicted octanol–water partition coefficient (Wildman–Crippen LogP) is 3.99. The summed E-state index contributed by atoms with van der Waals surface area (Å²) >= 11 is 0. The topological polar surface area (TPSA) is 79.5 Å². The normalized spacial score (nSPS) is 16.3. The lowest BCUT2D eigenvalue weighted by atomic mass is 9.93. The van der Waals surface area contributed by atoms with Crippen molar-refractivity contribution >= 4 is 11.8 Å². The van der Waals surface area contributed by atoms with Gasteiger partial charge in [0, 0.05) is 50.9 Å². The smallest absolute Gasteiger partial charge is 0.276 e. The van der Waals surface area contributed by atoms with Gasteiger partial charge in [0.2, 0.25) is 5.91 Å². The van der Waals surface area contributed by atoms with Crippen LogP contribution >= 0.6 is 0 Å². The predicted molar refractivity (Wildman–Crippen MR) is 126 cm³/mol. The molecule has 1 saturated heterocycles. The Morgan fingerprint density at radius 2 is 1.88 bits per heavy atom.